The average Bonchev–Trinajstić information content (AvgIpc) is 2.82. The van der Waals surface area contributed by atoms with Crippen LogP contribution in [0.2, 0.25) is 0 Å². The van der Waals surface area contributed by atoms with E-state index in [0.29, 0.717) is 43.6 Å². The molecule has 2 N–H and O–H groups in total. The van der Waals surface area contributed by atoms with E-state index >= 15 is 0 Å². The number of urea groups is 1. The van der Waals surface area contributed by atoms with Crippen molar-refractivity contribution < 1.29 is 19.2 Å². The van der Waals surface area contributed by atoms with Crippen LogP contribution in [0.15, 0.2) is 28.8 Å². The maximum atomic E-state index is 12.8. The van der Waals surface area contributed by atoms with E-state index in [2.05, 4.69) is 25.8 Å². The van der Waals surface area contributed by atoms with E-state index in [0.717, 1.165) is 30.8 Å². The predicted octanol–water partition coefficient (Wildman–Crippen LogP) is 1.76. The zero-order valence-corrected chi connectivity index (χ0v) is 20.3. The average molecular weight is 520 g/mol. The second-order valence-corrected chi connectivity index (χ2v) is 10.1. The third-order valence-electron chi connectivity index (χ3n) is 7.10. The summed E-state index contributed by atoms with van der Waals surface area (Å²) in [4.78, 5) is 59.2. The van der Waals surface area contributed by atoms with Gasteiger partial charge in [0.2, 0.25) is 11.8 Å². The summed E-state index contributed by atoms with van der Waals surface area (Å²) >= 11 is 3.41. The molecule has 178 valence electrons. The lowest BCUT2D eigenvalue weighted by atomic mass is 9.83. The van der Waals surface area contributed by atoms with Crippen LogP contribution in [-0.4, -0.2) is 87.3 Å². The zero-order valence-electron chi connectivity index (χ0n) is 18.7. The van der Waals surface area contributed by atoms with E-state index in [1.165, 1.54) is 6.42 Å². The normalized spacial score (nSPS) is 25.4. The Labute approximate surface area is 201 Å². The number of carbonyl (C=O) groups is 4. The molecule has 9 nitrogen and oxygen atoms in total. The van der Waals surface area contributed by atoms with Crippen LogP contribution < -0.4 is 5.73 Å². The number of halogens is 1. The van der Waals surface area contributed by atoms with Crippen molar-refractivity contribution in [1.29, 1.82) is 0 Å². The number of hydrogen-bond donors (Lipinski definition) is 1. The van der Waals surface area contributed by atoms with Crippen LogP contribution >= 0.6 is 15.9 Å². The Bertz CT molecular complexity index is 929. The summed E-state index contributed by atoms with van der Waals surface area (Å²) in [6.07, 6.45) is 10.2. The molecular weight excluding hydrogens is 490 g/mol. The topological polar surface area (TPSA) is 116 Å². The number of primary amides is 1. The summed E-state index contributed by atoms with van der Waals surface area (Å²) in [6.45, 7) is 2.86. The molecule has 0 bridgehead atoms. The van der Waals surface area contributed by atoms with Crippen molar-refractivity contribution in [2.75, 3.05) is 32.7 Å². The van der Waals surface area contributed by atoms with Crippen molar-refractivity contribution in [2.45, 2.75) is 55.3 Å². The van der Waals surface area contributed by atoms with Crippen LogP contribution in [0.5, 0.6) is 0 Å². The molecule has 1 aliphatic carbocycles. The van der Waals surface area contributed by atoms with Gasteiger partial charge in [0.05, 0.1) is 16.1 Å². The molecule has 2 fully saturated rings. The summed E-state index contributed by atoms with van der Waals surface area (Å²) < 4.78 is 0. The highest BCUT2D eigenvalue weighted by atomic mass is 79.9. The first-order valence-corrected chi connectivity index (χ1v) is 12.5. The number of amides is 5. The van der Waals surface area contributed by atoms with Gasteiger partial charge in [0.15, 0.2) is 0 Å². The fraction of sp³-hybridized carbons (Fsp3) is 0.609. The number of imide groups is 1. The largest absolute Gasteiger partial charge is 0.368 e. The number of alkyl halides is 1. The van der Waals surface area contributed by atoms with Crippen molar-refractivity contribution in [1.82, 2.24) is 14.7 Å². The molecular formula is C23H30BrN5O4. The maximum Gasteiger partial charge on any atom is 0.351 e. The Morgan fingerprint density at radius 1 is 1.12 bits per heavy atom. The lowest BCUT2D eigenvalue weighted by Gasteiger charge is -2.48. The first kappa shape index (κ1) is 23.8. The number of allylic oxidation sites excluding steroid dienone is 3. The smallest absolute Gasteiger partial charge is 0.351 e. The van der Waals surface area contributed by atoms with Gasteiger partial charge in [-0.15, -0.1) is 0 Å². The number of hydrogen-bond acceptors (Lipinski definition) is 5. The zero-order chi connectivity index (χ0) is 23.6. The predicted molar refractivity (Wildman–Crippen MR) is 127 cm³/mol. The second kappa shape index (κ2) is 9.89. The van der Waals surface area contributed by atoms with Crippen molar-refractivity contribution in [2.24, 2.45) is 10.7 Å². The van der Waals surface area contributed by atoms with E-state index in [1.807, 2.05) is 6.08 Å². The SMILES string of the molecule is NC(=O)C1(N2CCCCC2)CCN(C(=O)CCCN2C(=O)N=C3C=CC(Br)C=C3C2=O)CC1. The van der Waals surface area contributed by atoms with Gasteiger partial charge in [0.1, 0.15) is 5.54 Å². The van der Waals surface area contributed by atoms with Gasteiger partial charge < -0.3 is 10.6 Å². The summed E-state index contributed by atoms with van der Waals surface area (Å²) in [5.74, 6) is -0.707. The molecule has 2 saturated heterocycles. The molecule has 0 radical (unpaired) electrons. The summed E-state index contributed by atoms with van der Waals surface area (Å²) in [6, 6.07) is -0.594. The van der Waals surface area contributed by atoms with E-state index in [9.17, 15) is 19.2 Å². The third kappa shape index (κ3) is 4.82. The van der Waals surface area contributed by atoms with E-state index in [1.54, 1.807) is 17.1 Å². The minimum atomic E-state index is -0.658. The number of carbonyl (C=O) groups excluding carboxylic acids is 4. The van der Waals surface area contributed by atoms with Crippen LogP contribution in [0.3, 0.4) is 0 Å². The Hall–Kier alpha value is -2.33. The number of piperidine rings is 2. The number of fused-ring (bicyclic) bond motifs is 1. The molecule has 0 spiro atoms. The molecule has 1 unspecified atom stereocenters. The minimum absolute atomic E-state index is 0.0341. The van der Waals surface area contributed by atoms with Gasteiger partial charge >= 0.3 is 6.03 Å². The first-order chi connectivity index (χ1) is 15.8. The lowest BCUT2D eigenvalue weighted by molar-refractivity contribution is -0.142. The molecule has 3 aliphatic heterocycles. The van der Waals surface area contributed by atoms with Gasteiger partial charge in [0.25, 0.3) is 5.91 Å². The van der Waals surface area contributed by atoms with Crippen LogP contribution in [0.25, 0.3) is 0 Å². The Morgan fingerprint density at radius 2 is 1.82 bits per heavy atom. The number of aliphatic imine (C=N–C) groups is 1. The quantitative estimate of drug-likeness (QED) is 0.536. The van der Waals surface area contributed by atoms with Crippen molar-refractivity contribution in [3.05, 3.63) is 23.8 Å². The molecule has 0 saturated carbocycles. The monoisotopic (exact) mass is 519 g/mol. The number of nitrogens with zero attached hydrogens (tertiary/aromatic N) is 4. The van der Waals surface area contributed by atoms with Crippen LogP contribution in [0.4, 0.5) is 4.79 Å². The number of likely N-dealkylation sites (tertiary alicyclic amines) is 2. The highest BCUT2D eigenvalue weighted by molar-refractivity contribution is 9.09. The molecule has 0 aromatic rings. The van der Waals surface area contributed by atoms with E-state index in [4.69, 9.17) is 5.73 Å². The molecule has 3 heterocycles. The molecule has 10 heteroatoms. The minimum Gasteiger partial charge on any atom is -0.368 e. The van der Waals surface area contributed by atoms with Crippen molar-refractivity contribution in [3.63, 3.8) is 0 Å². The molecule has 33 heavy (non-hydrogen) atoms. The highest BCUT2D eigenvalue weighted by Crippen LogP contribution is 2.32. The highest BCUT2D eigenvalue weighted by Gasteiger charge is 2.45. The Morgan fingerprint density at radius 3 is 2.48 bits per heavy atom. The standard InChI is InChI=1S/C23H30BrN5O4/c24-16-6-7-18-17(15-16)20(31)29(22(33)26-18)12-4-5-19(30)27-13-8-23(9-14-27,21(25)32)28-10-2-1-3-11-28/h6-7,15-16H,1-5,8-14H2,(H2,25,32). The Kier molecular flexibility index (Phi) is 7.13. The molecule has 4 rings (SSSR count). The van der Waals surface area contributed by atoms with Gasteiger partial charge in [-0.25, -0.2) is 4.79 Å². The summed E-state index contributed by atoms with van der Waals surface area (Å²) in [5.41, 5.74) is 5.95. The molecule has 4 aliphatic rings. The maximum absolute atomic E-state index is 12.8. The van der Waals surface area contributed by atoms with Crippen molar-refractivity contribution in [3.8, 4) is 0 Å². The fourth-order valence-corrected chi connectivity index (χ4v) is 5.57. The third-order valence-corrected chi connectivity index (χ3v) is 7.67. The molecule has 0 aromatic heterocycles. The van der Waals surface area contributed by atoms with Crippen LogP contribution in [-0.2, 0) is 14.4 Å². The van der Waals surface area contributed by atoms with E-state index < -0.39 is 11.6 Å². The van der Waals surface area contributed by atoms with Gasteiger partial charge in [-0.3, -0.25) is 24.2 Å². The molecule has 0 aromatic carbocycles. The van der Waals surface area contributed by atoms with Crippen LogP contribution in [0, 0.1) is 0 Å². The van der Waals surface area contributed by atoms with Crippen LogP contribution in [0.1, 0.15) is 44.9 Å². The van der Waals surface area contributed by atoms with Gasteiger partial charge in [-0.05, 0) is 51.3 Å². The number of nitrogens with two attached hydrogens (primary N) is 1. The van der Waals surface area contributed by atoms with Crippen molar-refractivity contribution >= 4 is 45.4 Å². The summed E-state index contributed by atoms with van der Waals surface area (Å²) in [7, 11) is 0. The van der Waals surface area contributed by atoms with E-state index in [-0.39, 0.29) is 35.5 Å². The number of rotatable bonds is 6. The Balaban J connectivity index is 1.29. The second-order valence-electron chi connectivity index (χ2n) is 9.05. The fourth-order valence-electron chi connectivity index (χ4n) is 5.16. The first-order valence-electron chi connectivity index (χ1n) is 11.6. The van der Waals surface area contributed by atoms with Gasteiger partial charge in [-0.1, -0.05) is 34.5 Å². The molecule has 1 atom stereocenters. The van der Waals surface area contributed by atoms with Gasteiger partial charge in [0, 0.05) is 26.1 Å². The lowest BCUT2D eigenvalue weighted by Crippen LogP contribution is -2.63. The summed E-state index contributed by atoms with van der Waals surface area (Å²) in [5, 5.41) is 0. The molecule has 5 amide bonds. The van der Waals surface area contributed by atoms with Gasteiger partial charge in [-0.2, -0.15) is 4.99 Å².